The Hall–Kier alpha value is -3.52. The third-order valence-electron chi connectivity index (χ3n) is 3.87. The molecule has 0 bridgehead atoms. The number of fused-ring (bicyclic) bond motifs is 1. The highest BCUT2D eigenvalue weighted by Gasteiger charge is 2.10. The van der Waals surface area contributed by atoms with Crippen molar-refractivity contribution < 1.29 is 0 Å². The Morgan fingerprint density at radius 2 is 1.83 bits per heavy atom. The van der Waals surface area contributed by atoms with Gasteiger partial charge in [0.1, 0.15) is 0 Å². The van der Waals surface area contributed by atoms with Gasteiger partial charge in [-0.25, -0.2) is 9.97 Å². The summed E-state index contributed by atoms with van der Waals surface area (Å²) in [6, 6.07) is 17.8. The Morgan fingerprint density at radius 3 is 2.71 bits per heavy atom. The Kier molecular flexibility index (Phi) is 3.29. The predicted molar refractivity (Wildman–Crippen MR) is 91.1 cm³/mol. The molecule has 4 rings (SSSR count). The molecule has 4 aromatic rings. The second-order valence-electron chi connectivity index (χ2n) is 5.49. The van der Waals surface area contributed by atoms with E-state index in [9.17, 15) is 5.26 Å². The summed E-state index contributed by atoms with van der Waals surface area (Å²) in [5.41, 5.74) is 5.23. The van der Waals surface area contributed by atoms with Crippen LogP contribution >= 0.6 is 0 Å². The van der Waals surface area contributed by atoms with Gasteiger partial charge >= 0.3 is 0 Å². The number of imidazole rings is 1. The van der Waals surface area contributed by atoms with Crippen LogP contribution in [0.3, 0.4) is 0 Å². The van der Waals surface area contributed by atoms with Crippen molar-refractivity contribution >= 4 is 5.78 Å². The van der Waals surface area contributed by atoms with Gasteiger partial charge in [-0.2, -0.15) is 14.9 Å². The number of rotatable bonds is 2. The maximum Gasteiger partial charge on any atom is 0.251 e. The molecule has 0 aliphatic heterocycles. The Balaban J connectivity index is 1.87. The van der Waals surface area contributed by atoms with E-state index in [-0.39, 0.29) is 0 Å². The molecule has 0 spiro atoms. The van der Waals surface area contributed by atoms with E-state index in [1.165, 1.54) is 0 Å². The minimum atomic E-state index is 0.577. The zero-order valence-electron chi connectivity index (χ0n) is 13.0. The molecule has 0 N–H and O–H groups in total. The van der Waals surface area contributed by atoms with E-state index in [2.05, 4.69) is 21.1 Å². The molecule has 2 aromatic carbocycles. The molecule has 0 saturated heterocycles. The molecule has 0 unspecified atom stereocenters. The summed E-state index contributed by atoms with van der Waals surface area (Å²) in [7, 11) is 0. The number of nitriles is 1. The van der Waals surface area contributed by atoms with Crippen LogP contribution in [0.15, 0.2) is 60.9 Å². The van der Waals surface area contributed by atoms with Crippen molar-refractivity contribution in [3.05, 3.63) is 72.2 Å². The van der Waals surface area contributed by atoms with Crippen LogP contribution in [0.4, 0.5) is 0 Å². The lowest BCUT2D eigenvalue weighted by Gasteiger charge is -2.07. The number of hydrogen-bond donors (Lipinski definition) is 0. The van der Waals surface area contributed by atoms with Crippen LogP contribution in [0.2, 0.25) is 0 Å². The topological polar surface area (TPSA) is 66.9 Å². The van der Waals surface area contributed by atoms with Crippen molar-refractivity contribution in [3.63, 3.8) is 0 Å². The summed E-state index contributed by atoms with van der Waals surface area (Å²) in [6.07, 6.45) is 3.48. The molecule has 0 fully saturated rings. The van der Waals surface area contributed by atoms with Gasteiger partial charge in [-0.3, -0.25) is 0 Å². The molecule has 2 heterocycles. The third kappa shape index (κ3) is 2.31. The maximum atomic E-state index is 9.32. The smallest absolute Gasteiger partial charge is 0.217 e. The van der Waals surface area contributed by atoms with E-state index in [0.29, 0.717) is 11.3 Å². The van der Waals surface area contributed by atoms with Gasteiger partial charge in [0.05, 0.1) is 35.4 Å². The fraction of sp³-hybridized carbons (Fsp3) is 0.0526. The van der Waals surface area contributed by atoms with Crippen molar-refractivity contribution in [3.8, 4) is 28.5 Å². The van der Waals surface area contributed by atoms with Gasteiger partial charge < -0.3 is 0 Å². The quantitative estimate of drug-likeness (QED) is 0.567. The molecule has 0 radical (unpaired) electrons. The summed E-state index contributed by atoms with van der Waals surface area (Å²) in [5, 5.41) is 13.7. The zero-order chi connectivity index (χ0) is 16.5. The van der Waals surface area contributed by atoms with E-state index in [4.69, 9.17) is 0 Å². The van der Waals surface area contributed by atoms with Crippen LogP contribution in [0, 0.1) is 18.3 Å². The second-order valence-corrected chi connectivity index (χ2v) is 5.49. The van der Waals surface area contributed by atoms with Crippen LogP contribution in [0.5, 0.6) is 0 Å². The fourth-order valence-electron chi connectivity index (χ4n) is 2.73. The molecule has 0 aliphatic carbocycles. The summed E-state index contributed by atoms with van der Waals surface area (Å²) < 4.78 is 1.72. The molecule has 24 heavy (non-hydrogen) atoms. The first-order valence-electron chi connectivity index (χ1n) is 7.53. The van der Waals surface area contributed by atoms with Gasteiger partial charge in [-0.1, -0.05) is 36.4 Å². The molecule has 5 nitrogen and oxygen atoms in total. The average molecular weight is 311 g/mol. The number of aromatic nitrogens is 4. The Labute approximate surface area is 138 Å². The highest BCUT2D eigenvalue weighted by atomic mass is 15.3. The summed E-state index contributed by atoms with van der Waals surface area (Å²) in [4.78, 5) is 8.71. The fourth-order valence-corrected chi connectivity index (χ4v) is 2.73. The van der Waals surface area contributed by atoms with E-state index >= 15 is 0 Å². The molecular formula is C19H13N5. The molecule has 0 saturated carbocycles. The lowest BCUT2D eigenvalue weighted by molar-refractivity contribution is 0.890. The van der Waals surface area contributed by atoms with Crippen molar-refractivity contribution in [1.29, 1.82) is 5.26 Å². The first-order valence-corrected chi connectivity index (χ1v) is 7.53. The van der Waals surface area contributed by atoms with Crippen LogP contribution in [0.25, 0.3) is 28.2 Å². The van der Waals surface area contributed by atoms with Crippen LogP contribution < -0.4 is 0 Å². The lowest BCUT2D eigenvalue weighted by atomic mass is 9.98. The lowest BCUT2D eigenvalue weighted by Crippen LogP contribution is -1.97. The number of benzene rings is 2. The highest BCUT2D eigenvalue weighted by Crippen LogP contribution is 2.28. The van der Waals surface area contributed by atoms with Gasteiger partial charge in [-0.15, -0.1) is 0 Å². The van der Waals surface area contributed by atoms with Crippen molar-refractivity contribution in [1.82, 2.24) is 19.6 Å². The number of hydrogen-bond acceptors (Lipinski definition) is 4. The number of aryl methyl sites for hydroxylation is 1. The Bertz CT molecular complexity index is 1090. The average Bonchev–Trinajstić information content (AvgIpc) is 3.04. The highest BCUT2D eigenvalue weighted by molar-refractivity contribution is 5.75. The van der Waals surface area contributed by atoms with E-state index in [0.717, 1.165) is 28.1 Å². The second kappa shape index (κ2) is 5.60. The van der Waals surface area contributed by atoms with Crippen molar-refractivity contribution in [2.24, 2.45) is 0 Å². The van der Waals surface area contributed by atoms with Crippen LogP contribution in [-0.2, 0) is 0 Å². The molecule has 2 aromatic heterocycles. The molecule has 0 aliphatic rings. The number of nitrogens with zero attached hydrogens (tertiary/aromatic N) is 5. The summed E-state index contributed by atoms with van der Waals surface area (Å²) in [6.45, 7) is 1.89. The van der Waals surface area contributed by atoms with Gasteiger partial charge in [-0.05, 0) is 30.2 Å². The predicted octanol–water partition coefficient (Wildman–Crippen LogP) is 3.64. The standard InChI is InChI=1S/C19H13N5/c1-13-11-22-24-18(12-21-19(24)23-13)15-7-4-6-14(9-15)17-8-3-2-5-16(17)10-20/h2-9,11-12H,1H3. The third-order valence-corrected chi connectivity index (χ3v) is 3.87. The molecular weight excluding hydrogens is 298 g/mol. The minimum absolute atomic E-state index is 0.577. The molecule has 0 atom stereocenters. The maximum absolute atomic E-state index is 9.32. The largest absolute Gasteiger partial charge is 0.251 e. The first-order chi connectivity index (χ1) is 11.8. The molecule has 0 amide bonds. The van der Waals surface area contributed by atoms with Crippen LogP contribution in [0.1, 0.15) is 11.3 Å². The van der Waals surface area contributed by atoms with Crippen molar-refractivity contribution in [2.45, 2.75) is 6.92 Å². The van der Waals surface area contributed by atoms with Gasteiger partial charge in [0.15, 0.2) is 0 Å². The van der Waals surface area contributed by atoms with Gasteiger partial charge in [0, 0.05) is 5.56 Å². The van der Waals surface area contributed by atoms with E-state index in [1.54, 1.807) is 16.9 Å². The first kappa shape index (κ1) is 14.1. The zero-order valence-corrected chi connectivity index (χ0v) is 13.0. The monoisotopic (exact) mass is 311 g/mol. The van der Waals surface area contributed by atoms with Crippen LogP contribution in [-0.4, -0.2) is 19.6 Å². The van der Waals surface area contributed by atoms with Crippen molar-refractivity contribution in [2.75, 3.05) is 0 Å². The van der Waals surface area contributed by atoms with E-state index < -0.39 is 0 Å². The normalized spacial score (nSPS) is 10.7. The van der Waals surface area contributed by atoms with Gasteiger partial charge in [0.2, 0.25) is 0 Å². The summed E-state index contributed by atoms with van der Waals surface area (Å²) in [5.74, 6) is 0.577. The Morgan fingerprint density at radius 1 is 1.00 bits per heavy atom. The molecule has 5 heteroatoms. The van der Waals surface area contributed by atoms with Gasteiger partial charge in [0.25, 0.3) is 5.78 Å². The summed E-state index contributed by atoms with van der Waals surface area (Å²) >= 11 is 0. The van der Waals surface area contributed by atoms with E-state index in [1.807, 2.05) is 55.5 Å². The SMILES string of the molecule is Cc1cnn2c(-c3cccc(-c4ccccc4C#N)c3)cnc2n1. The molecule has 114 valence electrons. The minimum Gasteiger partial charge on any atom is -0.217 e.